The second-order valence-corrected chi connectivity index (χ2v) is 7.69. The second-order valence-electron chi connectivity index (χ2n) is 7.69. The van der Waals surface area contributed by atoms with Gasteiger partial charge < -0.3 is 9.47 Å². The third kappa shape index (κ3) is 5.35. The summed E-state index contributed by atoms with van der Waals surface area (Å²) in [6.45, 7) is 14.6. The van der Waals surface area contributed by atoms with E-state index in [0.717, 1.165) is 6.42 Å². The first-order valence-corrected chi connectivity index (χ1v) is 7.79. The third-order valence-corrected chi connectivity index (χ3v) is 3.22. The summed E-state index contributed by atoms with van der Waals surface area (Å²) in [5.41, 5.74) is -1.18. The zero-order chi connectivity index (χ0) is 17.1. The quantitative estimate of drug-likeness (QED) is 0.589. The fraction of sp³-hybridized carbons (Fsp3) is 0.765. The summed E-state index contributed by atoms with van der Waals surface area (Å²) in [5.74, 6) is -0.370. The van der Waals surface area contributed by atoms with Crippen LogP contribution in [0.25, 0.3) is 0 Å². The molecule has 1 heterocycles. The van der Waals surface area contributed by atoms with Gasteiger partial charge in [-0.3, -0.25) is 4.90 Å². The molecule has 5 heteroatoms. The van der Waals surface area contributed by atoms with E-state index in [2.05, 4.69) is 6.58 Å². The first-order valence-electron chi connectivity index (χ1n) is 7.79. The maximum atomic E-state index is 12.5. The molecule has 0 aromatic heterocycles. The minimum absolute atomic E-state index is 0.0649. The summed E-state index contributed by atoms with van der Waals surface area (Å²) >= 11 is 0. The maximum absolute atomic E-state index is 12.5. The standard InChI is InChI=1S/C17H29NO4/c1-8-9-12-10-11-13(14(19)21-16(2,3)4)18(12)15(20)22-17(5,6)7/h8,12-13H,1,9-11H2,2-7H3/t12-,13+/m1/s1. The largest absolute Gasteiger partial charge is 0.458 e. The smallest absolute Gasteiger partial charge is 0.411 e. The van der Waals surface area contributed by atoms with Gasteiger partial charge in [-0.05, 0) is 60.8 Å². The number of esters is 1. The number of amides is 1. The molecule has 1 saturated heterocycles. The Labute approximate surface area is 133 Å². The molecule has 1 rings (SSSR count). The molecule has 0 aromatic rings. The molecule has 1 aliphatic rings. The molecule has 0 spiro atoms. The Balaban J connectivity index is 2.93. The Kier molecular flexibility index (Phi) is 5.65. The Morgan fingerprint density at radius 3 is 2.09 bits per heavy atom. The van der Waals surface area contributed by atoms with Gasteiger partial charge in [-0.25, -0.2) is 9.59 Å². The van der Waals surface area contributed by atoms with Gasteiger partial charge in [0, 0.05) is 6.04 Å². The normalized spacial score (nSPS) is 22.4. The SMILES string of the molecule is C=CC[C@@H]1CC[C@@H](C(=O)OC(C)(C)C)N1C(=O)OC(C)(C)C. The van der Waals surface area contributed by atoms with Crippen LogP contribution in [0.5, 0.6) is 0 Å². The minimum Gasteiger partial charge on any atom is -0.458 e. The predicted octanol–water partition coefficient (Wildman–Crippen LogP) is 3.67. The van der Waals surface area contributed by atoms with E-state index >= 15 is 0 Å². The van der Waals surface area contributed by atoms with Crippen LogP contribution in [0.4, 0.5) is 4.79 Å². The van der Waals surface area contributed by atoms with E-state index in [1.165, 1.54) is 4.90 Å². The molecule has 0 radical (unpaired) electrons. The molecule has 126 valence electrons. The van der Waals surface area contributed by atoms with Crippen molar-refractivity contribution >= 4 is 12.1 Å². The fourth-order valence-corrected chi connectivity index (χ4v) is 2.50. The second kappa shape index (κ2) is 6.71. The van der Waals surface area contributed by atoms with Crippen molar-refractivity contribution in [1.29, 1.82) is 0 Å². The molecular weight excluding hydrogens is 282 g/mol. The Morgan fingerprint density at radius 2 is 1.64 bits per heavy atom. The molecule has 22 heavy (non-hydrogen) atoms. The van der Waals surface area contributed by atoms with Gasteiger partial charge in [0.25, 0.3) is 0 Å². The van der Waals surface area contributed by atoms with Crippen LogP contribution < -0.4 is 0 Å². The van der Waals surface area contributed by atoms with Crippen molar-refractivity contribution in [2.75, 3.05) is 0 Å². The summed E-state index contributed by atoms with van der Waals surface area (Å²) in [7, 11) is 0. The van der Waals surface area contributed by atoms with Crippen molar-refractivity contribution < 1.29 is 19.1 Å². The number of nitrogens with zero attached hydrogens (tertiary/aromatic N) is 1. The summed E-state index contributed by atoms with van der Waals surface area (Å²) in [4.78, 5) is 26.4. The van der Waals surface area contributed by atoms with Gasteiger partial charge in [-0.1, -0.05) is 6.08 Å². The molecule has 0 bridgehead atoms. The highest BCUT2D eigenvalue weighted by Gasteiger charge is 2.43. The molecular formula is C17H29NO4. The van der Waals surface area contributed by atoms with E-state index < -0.39 is 23.3 Å². The topological polar surface area (TPSA) is 55.8 Å². The van der Waals surface area contributed by atoms with Crippen LogP contribution in [0.1, 0.15) is 60.8 Å². The highest BCUT2D eigenvalue weighted by Crippen LogP contribution is 2.30. The molecule has 5 nitrogen and oxygen atoms in total. The number of carbonyl (C=O) groups excluding carboxylic acids is 2. The Morgan fingerprint density at radius 1 is 1.09 bits per heavy atom. The van der Waals surface area contributed by atoms with Crippen LogP contribution in [-0.4, -0.2) is 40.2 Å². The minimum atomic E-state index is -0.600. The van der Waals surface area contributed by atoms with Gasteiger partial charge in [0.1, 0.15) is 17.2 Å². The summed E-state index contributed by atoms with van der Waals surface area (Å²) in [5, 5.41) is 0. The lowest BCUT2D eigenvalue weighted by Crippen LogP contribution is -2.48. The summed E-state index contributed by atoms with van der Waals surface area (Å²) in [6.07, 6.45) is 3.27. The van der Waals surface area contributed by atoms with E-state index in [9.17, 15) is 9.59 Å². The van der Waals surface area contributed by atoms with Crippen molar-refractivity contribution in [1.82, 2.24) is 4.90 Å². The van der Waals surface area contributed by atoms with Gasteiger partial charge in [-0.15, -0.1) is 6.58 Å². The molecule has 1 fully saturated rings. The lowest BCUT2D eigenvalue weighted by atomic mass is 10.1. The Hall–Kier alpha value is -1.52. The fourth-order valence-electron chi connectivity index (χ4n) is 2.50. The van der Waals surface area contributed by atoms with Crippen molar-refractivity contribution in [3.63, 3.8) is 0 Å². The number of hydrogen-bond donors (Lipinski definition) is 0. The van der Waals surface area contributed by atoms with Gasteiger partial charge in [0.2, 0.25) is 0 Å². The van der Waals surface area contributed by atoms with Crippen LogP contribution in [0.3, 0.4) is 0 Å². The summed E-state index contributed by atoms with van der Waals surface area (Å²) in [6, 6.07) is -0.649. The number of likely N-dealkylation sites (tertiary alicyclic amines) is 1. The Bertz CT molecular complexity index is 431. The maximum Gasteiger partial charge on any atom is 0.411 e. The molecule has 0 unspecified atom stereocenters. The van der Waals surface area contributed by atoms with Crippen LogP contribution in [0, 0.1) is 0 Å². The summed E-state index contributed by atoms with van der Waals surface area (Å²) < 4.78 is 10.9. The van der Waals surface area contributed by atoms with E-state index in [-0.39, 0.29) is 12.0 Å². The highest BCUT2D eigenvalue weighted by molar-refractivity contribution is 5.82. The number of carbonyl (C=O) groups is 2. The lowest BCUT2D eigenvalue weighted by Gasteiger charge is -2.32. The molecule has 0 saturated carbocycles. The molecule has 1 aliphatic heterocycles. The van der Waals surface area contributed by atoms with Crippen molar-refractivity contribution in [2.24, 2.45) is 0 Å². The molecule has 0 N–H and O–H groups in total. The molecule has 1 amide bonds. The average Bonchev–Trinajstić information content (AvgIpc) is 2.68. The zero-order valence-electron chi connectivity index (χ0n) is 14.6. The zero-order valence-corrected chi connectivity index (χ0v) is 14.6. The van der Waals surface area contributed by atoms with Crippen LogP contribution in [-0.2, 0) is 14.3 Å². The average molecular weight is 311 g/mol. The first-order chi connectivity index (χ1) is 9.94. The number of rotatable bonds is 3. The highest BCUT2D eigenvalue weighted by atomic mass is 16.6. The van der Waals surface area contributed by atoms with E-state index in [0.29, 0.717) is 12.8 Å². The van der Waals surface area contributed by atoms with E-state index in [1.807, 2.05) is 41.5 Å². The van der Waals surface area contributed by atoms with Crippen LogP contribution >= 0.6 is 0 Å². The van der Waals surface area contributed by atoms with Crippen LogP contribution in [0.15, 0.2) is 12.7 Å². The van der Waals surface area contributed by atoms with Crippen molar-refractivity contribution in [2.45, 2.75) is 84.1 Å². The third-order valence-electron chi connectivity index (χ3n) is 3.22. The van der Waals surface area contributed by atoms with Crippen LogP contribution in [0.2, 0.25) is 0 Å². The van der Waals surface area contributed by atoms with Gasteiger partial charge in [-0.2, -0.15) is 0 Å². The van der Waals surface area contributed by atoms with Crippen molar-refractivity contribution in [3.8, 4) is 0 Å². The lowest BCUT2D eigenvalue weighted by molar-refractivity contribution is -0.160. The van der Waals surface area contributed by atoms with E-state index in [1.54, 1.807) is 6.08 Å². The predicted molar refractivity (Wildman–Crippen MR) is 85.5 cm³/mol. The number of hydrogen-bond acceptors (Lipinski definition) is 4. The first kappa shape index (κ1) is 18.5. The monoisotopic (exact) mass is 311 g/mol. The molecule has 2 atom stereocenters. The van der Waals surface area contributed by atoms with Gasteiger partial charge in [0.15, 0.2) is 0 Å². The van der Waals surface area contributed by atoms with Crippen molar-refractivity contribution in [3.05, 3.63) is 12.7 Å². The number of ether oxygens (including phenoxy) is 2. The van der Waals surface area contributed by atoms with Gasteiger partial charge >= 0.3 is 12.1 Å². The molecule has 0 aliphatic carbocycles. The van der Waals surface area contributed by atoms with E-state index in [4.69, 9.17) is 9.47 Å². The van der Waals surface area contributed by atoms with Gasteiger partial charge in [0.05, 0.1) is 0 Å². The molecule has 0 aromatic carbocycles.